The molecule has 148 valence electrons. The number of fused-ring (bicyclic) bond motifs is 3. The smallest absolute Gasteiger partial charge is 0.335 e. The van der Waals surface area contributed by atoms with Crippen molar-refractivity contribution < 1.29 is 19.4 Å². The molecule has 1 heterocycles. The molecule has 0 bridgehead atoms. The minimum Gasteiger partial charge on any atom is -0.493 e. The first kappa shape index (κ1) is 20.2. The second-order valence-corrected chi connectivity index (χ2v) is 7.11. The van der Waals surface area contributed by atoms with Crippen LogP contribution in [0, 0.1) is 0 Å². The van der Waals surface area contributed by atoms with Gasteiger partial charge in [0.15, 0.2) is 11.5 Å². The summed E-state index contributed by atoms with van der Waals surface area (Å²) in [6, 6.07) is 11.3. The van der Waals surface area contributed by atoms with Crippen molar-refractivity contribution in [1.82, 2.24) is 0 Å². The predicted molar refractivity (Wildman–Crippen MR) is 111 cm³/mol. The molecule has 1 saturated carbocycles. The number of hydrogen-bond donors (Lipinski definition) is 1. The molecule has 0 saturated heterocycles. The van der Waals surface area contributed by atoms with Crippen molar-refractivity contribution in [1.29, 1.82) is 0 Å². The van der Waals surface area contributed by atoms with Crippen LogP contribution >= 0.6 is 12.4 Å². The van der Waals surface area contributed by atoms with E-state index in [2.05, 4.69) is 6.07 Å². The highest BCUT2D eigenvalue weighted by molar-refractivity contribution is 6.15. The largest absolute Gasteiger partial charge is 0.493 e. The van der Waals surface area contributed by atoms with Gasteiger partial charge in [-0.15, -0.1) is 12.4 Å². The van der Waals surface area contributed by atoms with Crippen LogP contribution < -0.4 is 9.47 Å². The minimum absolute atomic E-state index is 0. The Hall–Kier alpha value is -2.53. The van der Waals surface area contributed by atoms with Crippen LogP contribution in [0.5, 0.6) is 11.5 Å². The number of carbonyl (C=O) groups is 1. The second kappa shape index (κ2) is 8.23. The van der Waals surface area contributed by atoms with E-state index in [1.807, 2.05) is 18.2 Å². The molecule has 2 aliphatic rings. The number of rotatable bonds is 4. The summed E-state index contributed by atoms with van der Waals surface area (Å²) in [5, 5.41) is 9.16. The lowest BCUT2D eigenvalue weighted by Gasteiger charge is -2.35. The number of carboxylic acid groups (broad SMARTS) is 1. The Kier molecular flexibility index (Phi) is 5.94. The third kappa shape index (κ3) is 3.47. The monoisotopic (exact) mass is 401 g/mol. The highest BCUT2D eigenvalue weighted by Crippen LogP contribution is 2.44. The van der Waals surface area contributed by atoms with Gasteiger partial charge in [-0.3, -0.25) is 4.99 Å². The maximum absolute atomic E-state index is 11.2. The van der Waals surface area contributed by atoms with Gasteiger partial charge >= 0.3 is 5.97 Å². The van der Waals surface area contributed by atoms with Gasteiger partial charge in [-0.05, 0) is 42.7 Å². The summed E-state index contributed by atoms with van der Waals surface area (Å²) in [6.45, 7) is 0. The summed E-state index contributed by atoms with van der Waals surface area (Å²) < 4.78 is 11.1. The number of carboxylic acids is 1. The molecule has 2 aromatic rings. The van der Waals surface area contributed by atoms with Crippen molar-refractivity contribution in [3.8, 4) is 11.5 Å². The molecule has 0 amide bonds. The van der Waals surface area contributed by atoms with E-state index in [-0.39, 0.29) is 24.0 Å². The Bertz CT molecular complexity index is 907. The van der Waals surface area contributed by atoms with E-state index in [1.54, 1.807) is 26.4 Å². The third-order valence-corrected chi connectivity index (χ3v) is 5.64. The highest BCUT2D eigenvalue weighted by atomic mass is 35.5. The van der Waals surface area contributed by atoms with E-state index in [1.165, 1.54) is 18.4 Å². The molecule has 28 heavy (non-hydrogen) atoms. The normalized spacial score (nSPS) is 20.1. The highest BCUT2D eigenvalue weighted by Gasteiger charge is 2.34. The molecule has 1 fully saturated rings. The van der Waals surface area contributed by atoms with E-state index < -0.39 is 5.97 Å². The fourth-order valence-electron chi connectivity index (χ4n) is 4.27. The maximum atomic E-state index is 11.2. The Labute approximate surface area is 170 Å². The lowest BCUT2D eigenvalue weighted by atomic mass is 9.75. The molecule has 2 aromatic carbocycles. The standard InChI is InChI=1S/C22H23NO4.ClH/c1-26-19-11-16-15-5-3-4-6-18(15)23-21(17(16)12-20(19)27-2)13-7-9-14(10-8-13)22(24)25;/h7-12,15,18H,3-6H2,1-2H3,(H,24,25);1H/t15-,18-;/m1./s1. The molecule has 0 radical (unpaired) electrons. The molecule has 2 atom stereocenters. The van der Waals surface area contributed by atoms with Crippen molar-refractivity contribution in [3.63, 3.8) is 0 Å². The molecule has 0 aromatic heterocycles. The van der Waals surface area contributed by atoms with Crippen LogP contribution in [0.1, 0.15) is 58.6 Å². The van der Waals surface area contributed by atoms with Gasteiger partial charge in [-0.2, -0.15) is 0 Å². The van der Waals surface area contributed by atoms with E-state index in [9.17, 15) is 4.79 Å². The number of aliphatic imine (C=N–C) groups is 1. The summed E-state index contributed by atoms with van der Waals surface area (Å²) in [5.41, 5.74) is 4.42. The number of hydrogen-bond acceptors (Lipinski definition) is 4. The number of ether oxygens (including phenoxy) is 2. The van der Waals surface area contributed by atoms with Gasteiger partial charge in [0.1, 0.15) is 0 Å². The Morgan fingerprint density at radius 3 is 2.32 bits per heavy atom. The van der Waals surface area contributed by atoms with Crippen LogP contribution in [0.2, 0.25) is 0 Å². The molecular weight excluding hydrogens is 378 g/mol. The van der Waals surface area contributed by atoms with E-state index in [0.29, 0.717) is 11.7 Å². The molecule has 1 aliphatic heterocycles. The van der Waals surface area contributed by atoms with Gasteiger partial charge in [0, 0.05) is 17.0 Å². The fraction of sp³-hybridized carbons (Fsp3) is 0.364. The minimum atomic E-state index is -0.925. The number of benzene rings is 2. The van der Waals surface area contributed by atoms with Gasteiger partial charge < -0.3 is 14.6 Å². The fourth-order valence-corrected chi connectivity index (χ4v) is 4.27. The van der Waals surface area contributed by atoms with Crippen molar-refractivity contribution in [2.24, 2.45) is 4.99 Å². The van der Waals surface area contributed by atoms with E-state index >= 15 is 0 Å². The van der Waals surface area contributed by atoms with Gasteiger partial charge in [0.2, 0.25) is 0 Å². The summed E-state index contributed by atoms with van der Waals surface area (Å²) in [6.07, 6.45) is 4.61. The summed E-state index contributed by atoms with van der Waals surface area (Å²) in [5.74, 6) is 0.894. The van der Waals surface area contributed by atoms with Crippen molar-refractivity contribution >= 4 is 24.1 Å². The summed E-state index contributed by atoms with van der Waals surface area (Å²) in [7, 11) is 3.29. The first-order chi connectivity index (χ1) is 13.1. The quantitative estimate of drug-likeness (QED) is 0.806. The number of nitrogens with zero attached hydrogens (tertiary/aromatic N) is 1. The second-order valence-electron chi connectivity index (χ2n) is 7.11. The first-order valence-corrected chi connectivity index (χ1v) is 9.30. The van der Waals surface area contributed by atoms with Crippen molar-refractivity contribution in [2.45, 2.75) is 37.6 Å². The number of halogens is 1. The van der Waals surface area contributed by atoms with Gasteiger partial charge in [0.05, 0.1) is 31.5 Å². The Morgan fingerprint density at radius 1 is 1.04 bits per heavy atom. The molecule has 5 nitrogen and oxygen atoms in total. The maximum Gasteiger partial charge on any atom is 0.335 e. The van der Waals surface area contributed by atoms with Crippen molar-refractivity contribution in [3.05, 3.63) is 58.7 Å². The van der Waals surface area contributed by atoms with Crippen LogP contribution in [-0.4, -0.2) is 37.0 Å². The molecule has 0 spiro atoms. The topological polar surface area (TPSA) is 68.1 Å². The predicted octanol–water partition coefficient (Wildman–Crippen LogP) is 4.70. The summed E-state index contributed by atoms with van der Waals surface area (Å²) >= 11 is 0. The van der Waals surface area contributed by atoms with Crippen LogP contribution in [0.25, 0.3) is 0 Å². The zero-order valence-electron chi connectivity index (χ0n) is 16.0. The summed E-state index contributed by atoms with van der Waals surface area (Å²) in [4.78, 5) is 16.3. The van der Waals surface area contributed by atoms with Crippen LogP contribution in [0.15, 0.2) is 41.4 Å². The van der Waals surface area contributed by atoms with Crippen LogP contribution in [0.3, 0.4) is 0 Å². The lowest BCUT2D eigenvalue weighted by molar-refractivity contribution is 0.0697. The number of methoxy groups -OCH3 is 2. The average Bonchev–Trinajstić information content (AvgIpc) is 2.72. The van der Waals surface area contributed by atoms with Crippen LogP contribution in [-0.2, 0) is 0 Å². The zero-order valence-corrected chi connectivity index (χ0v) is 16.8. The van der Waals surface area contributed by atoms with Gasteiger partial charge in [0.25, 0.3) is 0 Å². The molecule has 0 unspecified atom stereocenters. The van der Waals surface area contributed by atoms with Crippen molar-refractivity contribution in [2.75, 3.05) is 14.2 Å². The van der Waals surface area contributed by atoms with Gasteiger partial charge in [-0.1, -0.05) is 25.0 Å². The number of aromatic carboxylic acids is 1. The molecule has 1 aliphatic carbocycles. The first-order valence-electron chi connectivity index (χ1n) is 9.30. The van der Waals surface area contributed by atoms with E-state index in [0.717, 1.165) is 35.4 Å². The Morgan fingerprint density at radius 2 is 1.68 bits per heavy atom. The molecule has 4 rings (SSSR count). The average molecular weight is 402 g/mol. The van der Waals surface area contributed by atoms with E-state index in [4.69, 9.17) is 19.6 Å². The van der Waals surface area contributed by atoms with Crippen LogP contribution in [0.4, 0.5) is 0 Å². The lowest BCUT2D eigenvalue weighted by Crippen LogP contribution is -2.29. The third-order valence-electron chi connectivity index (χ3n) is 5.64. The molecule has 1 N–H and O–H groups in total. The molecular formula is C22H24ClNO4. The SMILES string of the molecule is COc1cc2c(cc1OC)[C@H]1CCCC[C@H]1N=C2c1ccc(C(=O)O)cc1.Cl. The molecule has 6 heteroatoms. The zero-order chi connectivity index (χ0) is 19.0. The Balaban J connectivity index is 0.00000225. The van der Waals surface area contributed by atoms with Gasteiger partial charge in [-0.25, -0.2) is 4.79 Å².